The first kappa shape index (κ1) is 31.1. The fourth-order valence-corrected chi connectivity index (χ4v) is 6.21. The van der Waals surface area contributed by atoms with Crippen molar-refractivity contribution in [3.05, 3.63) is 201 Å². The van der Waals surface area contributed by atoms with E-state index < -0.39 is 0 Å². The first-order valence-electron chi connectivity index (χ1n) is 16.4. The van der Waals surface area contributed by atoms with Crippen molar-refractivity contribution in [2.45, 2.75) is 6.92 Å². The summed E-state index contributed by atoms with van der Waals surface area (Å²) in [4.78, 5) is 14.3. The van der Waals surface area contributed by atoms with Crippen molar-refractivity contribution in [2.75, 3.05) is 9.80 Å². The number of nitrogens with zero attached hydrogens (tertiary/aromatic N) is 4. The highest BCUT2D eigenvalue weighted by molar-refractivity contribution is 5.89. The molecule has 49 heavy (non-hydrogen) atoms. The third-order valence-corrected chi connectivity index (χ3v) is 8.51. The molecule has 0 saturated carbocycles. The standard InChI is InChI=1S/C45H36N4/c1-3-36(4-2)48(37-16-8-5-9-17-37)40-28-24-34(25-29-40)44-42(22-14-32-46-44)43-23-15-33-47-45(43)35-26-30-41(31-27-35)49(38-18-10-6-11-19-38)39-20-12-7-13-21-39/h3-33H,1H2,2H3/b36-4+. The van der Waals surface area contributed by atoms with Crippen molar-refractivity contribution in [3.8, 4) is 33.6 Å². The first-order valence-corrected chi connectivity index (χ1v) is 16.4. The summed E-state index contributed by atoms with van der Waals surface area (Å²) in [5.74, 6) is 0. The van der Waals surface area contributed by atoms with E-state index in [-0.39, 0.29) is 0 Å². The number of para-hydroxylation sites is 3. The second kappa shape index (κ2) is 14.5. The molecule has 0 aliphatic rings. The first-order chi connectivity index (χ1) is 24.2. The van der Waals surface area contributed by atoms with Crippen molar-refractivity contribution in [1.29, 1.82) is 0 Å². The molecule has 2 heterocycles. The van der Waals surface area contributed by atoms with E-state index in [2.05, 4.69) is 156 Å². The molecule has 5 aromatic carbocycles. The normalized spacial score (nSPS) is 11.2. The Kier molecular flexibility index (Phi) is 9.20. The number of hydrogen-bond acceptors (Lipinski definition) is 4. The molecule has 0 spiro atoms. The van der Waals surface area contributed by atoms with Gasteiger partial charge in [-0.05, 0) is 85.8 Å². The monoisotopic (exact) mass is 632 g/mol. The molecule has 0 bridgehead atoms. The van der Waals surface area contributed by atoms with Crippen molar-refractivity contribution < 1.29 is 0 Å². The Morgan fingerprint density at radius 3 is 1.29 bits per heavy atom. The predicted octanol–water partition coefficient (Wildman–Crippen LogP) is 12.2. The van der Waals surface area contributed by atoms with Crippen LogP contribution < -0.4 is 9.80 Å². The Bertz CT molecular complexity index is 2140. The molecule has 0 aliphatic carbocycles. The van der Waals surface area contributed by atoms with Crippen LogP contribution >= 0.6 is 0 Å². The molecule has 0 saturated heterocycles. The Morgan fingerprint density at radius 1 is 0.469 bits per heavy atom. The number of benzene rings is 5. The minimum Gasteiger partial charge on any atom is -0.311 e. The molecule has 4 nitrogen and oxygen atoms in total. The Morgan fingerprint density at radius 2 is 0.857 bits per heavy atom. The van der Waals surface area contributed by atoms with Gasteiger partial charge in [0.25, 0.3) is 0 Å². The SMILES string of the molecule is C=C/C(=C\C)N(c1ccccc1)c1ccc(-c2ncccc2-c2cccnc2-c2ccc(N(c3ccccc3)c3ccccc3)cc2)cc1. The summed E-state index contributed by atoms with van der Waals surface area (Å²) in [6.07, 6.45) is 7.66. The van der Waals surface area contributed by atoms with Crippen LogP contribution in [0.25, 0.3) is 33.6 Å². The van der Waals surface area contributed by atoms with Gasteiger partial charge in [-0.2, -0.15) is 0 Å². The summed E-state index contributed by atoms with van der Waals surface area (Å²) in [5, 5.41) is 0. The van der Waals surface area contributed by atoms with Crippen LogP contribution in [0.4, 0.5) is 28.4 Å². The highest BCUT2D eigenvalue weighted by Crippen LogP contribution is 2.39. The quantitative estimate of drug-likeness (QED) is 0.140. The molecule has 0 radical (unpaired) electrons. The van der Waals surface area contributed by atoms with Gasteiger partial charge in [-0.25, -0.2) is 0 Å². The van der Waals surface area contributed by atoms with Crippen LogP contribution in [0.15, 0.2) is 201 Å². The Labute approximate surface area is 288 Å². The van der Waals surface area contributed by atoms with E-state index >= 15 is 0 Å². The molecule has 4 heteroatoms. The molecule has 236 valence electrons. The largest absolute Gasteiger partial charge is 0.311 e. The summed E-state index contributed by atoms with van der Waals surface area (Å²) in [6, 6.07) is 56.7. The molecule has 7 rings (SSSR count). The lowest BCUT2D eigenvalue weighted by Gasteiger charge is -2.26. The van der Waals surface area contributed by atoms with Gasteiger partial charge in [0.05, 0.1) is 11.4 Å². The van der Waals surface area contributed by atoms with Gasteiger partial charge in [0.2, 0.25) is 0 Å². The van der Waals surface area contributed by atoms with Crippen LogP contribution in [-0.4, -0.2) is 9.97 Å². The summed E-state index contributed by atoms with van der Waals surface area (Å²) in [5.41, 5.74) is 12.3. The van der Waals surface area contributed by atoms with Crippen molar-refractivity contribution >= 4 is 28.4 Å². The maximum atomic E-state index is 4.90. The molecule has 0 N–H and O–H groups in total. The highest BCUT2D eigenvalue weighted by atomic mass is 15.1. The number of aromatic nitrogens is 2. The average molecular weight is 633 g/mol. The molecule has 0 unspecified atom stereocenters. The van der Waals surface area contributed by atoms with Crippen LogP contribution in [-0.2, 0) is 0 Å². The number of anilines is 5. The molecule has 7 aromatic rings. The number of rotatable bonds is 10. The van der Waals surface area contributed by atoms with Gasteiger partial charge in [0, 0.05) is 68.8 Å². The van der Waals surface area contributed by atoms with E-state index in [1.165, 1.54) is 0 Å². The Hall–Kier alpha value is -6.52. The van der Waals surface area contributed by atoms with Crippen molar-refractivity contribution in [1.82, 2.24) is 9.97 Å². The molecule has 0 aliphatic heterocycles. The van der Waals surface area contributed by atoms with Gasteiger partial charge in [-0.15, -0.1) is 0 Å². The maximum Gasteiger partial charge on any atom is 0.0781 e. The molecular formula is C45H36N4. The van der Waals surface area contributed by atoms with Gasteiger partial charge in [-0.3, -0.25) is 9.97 Å². The summed E-state index contributed by atoms with van der Waals surface area (Å²) >= 11 is 0. The average Bonchev–Trinajstić information content (AvgIpc) is 3.19. The molecular weight excluding hydrogens is 597 g/mol. The summed E-state index contributed by atoms with van der Waals surface area (Å²) in [6.45, 7) is 6.09. The van der Waals surface area contributed by atoms with E-state index in [9.17, 15) is 0 Å². The topological polar surface area (TPSA) is 32.3 Å². The van der Waals surface area contributed by atoms with Crippen LogP contribution in [0.5, 0.6) is 0 Å². The van der Waals surface area contributed by atoms with Gasteiger partial charge in [0.1, 0.15) is 0 Å². The van der Waals surface area contributed by atoms with Gasteiger partial charge in [0.15, 0.2) is 0 Å². The minimum absolute atomic E-state index is 0.903. The van der Waals surface area contributed by atoms with E-state index in [0.717, 1.165) is 67.8 Å². The van der Waals surface area contributed by atoms with Crippen molar-refractivity contribution in [2.24, 2.45) is 0 Å². The third kappa shape index (κ3) is 6.53. The predicted molar refractivity (Wildman–Crippen MR) is 206 cm³/mol. The second-order valence-electron chi connectivity index (χ2n) is 11.5. The molecule has 0 atom stereocenters. The second-order valence-corrected chi connectivity index (χ2v) is 11.5. The lowest BCUT2D eigenvalue weighted by atomic mass is 9.95. The third-order valence-electron chi connectivity index (χ3n) is 8.51. The highest BCUT2D eigenvalue weighted by Gasteiger charge is 2.18. The summed E-state index contributed by atoms with van der Waals surface area (Å²) < 4.78 is 0. The van der Waals surface area contributed by atoms with Crippen LogP contribution in [0, 0.1) is 0 Å². The van der Waals surface area contributed by atoms with Crippen LogP contribution in [0.3, 0.4) is 0 Å². The smallest absolute Gasteiger partial charge is 0.0781 e. The zero-order valence-corrected chi connectivity index (χ0v) is 27.4. The minimum atomic E-state index is 0.903. The van der Waals surface area contributed by atoms with E-state index in [0.29, 0.717) is 0 Å². The summed E-state index contributed by atoms with van der Waals surface area (Å²) in [7, 11) is 0. The fourth-order valence-electron chi connectivity index (χ4n) is 6.21. The maximum absolute atomic E-state index is 4.90. The Balaban J connectivity index is 1.24. The number of allylic oxidation sites excluding steroid dienone is 2. The van der Waals surface area contributed by atoms with E-state index in [1.807, 2.05) is 55.7 Å². The molecule has 0 amide bonds. The van der Waals surface area contributed by atoms with Crippen LogP contribution in [0.2, 0.25) is 0 Å². The fraction of sp³-hybridized carbons (Fsp3) is 0.0222. The number of pyridine rings is 2. The van der Waals surface area contributed by atoms with E-state index in [4.69, 9.17) is 9.97 Å². The molecule has 0 fully saturated rings. The number of hydrogen-bond donors (Lipinski definition) is 0. The zero-order valence-electron chi connectivity index (χ0n) is 27.4. The van der Waals surface area contributed by atoms with Gasteiger partial charge in [-0.1, -0.05) is 104 Å². The lowest BCUT2D eigenvalue weighted by Crippen LogP contribution is -2.14. The van der Waals surface area contributed by atoms with E-state index in [1.54, 1.807) is 0 Å². The van der Waals surface area contributed by atoms with Crippen LogP contribution in [0.1, 0.15) is 6.92 Å². The zero-order chi connectivity index (χ0) is 33.4. The van der Waals surface area contributed by atoms with Gasteiger partial charge < -0.3 is 9.80 Å². The van der Waals surface area contributed by atoms with Crippen molar-refractivity contribution in [3.63, 3.8) is 0 Å². The molecule has 2 aromatic heterocycles. The van der Waals surface area contributed by atoms with Gasteiger partial charge >= 0.3 is 0 Å². The lowest BCUT2D eigenvalue weighted by molar-refractivity contribution is 1.20.